The van der Waals surface area contributed by atoms with Gasteiger partial charge < -0.3 is 10.1 Å². The zero-order valence-electron chi connectivity index (χ0n) is 19.6. The number of carbonyl (C=O) groups excluding carboxylic acids is 2. The monoisotopic (exact) mass is 509 g/mol. The highest BCUT2D eigenvalue weighted by atomic mass is 35.5. The van der Waals surface area contributed by atoms with Crippen LogP contribution in [0.5, 0.6) is 11.5 Å². The van der Waals surface area contributed by atoms with Crippen LogP contribution < -0.4 is 15.1 Å². The Morgan fingerprint density at radius 3 is 2.51 bits per heavy atom. The van der Waals surface area contributed by atoms with Crippen molar-refractivity contribution in [2.24, 2.45) is 5.10 Å². The minimum absolute atomic E-state index is 0.0643. The number of hydrazone groups is 1. The van der Waals surface area contributed by atoms with E-state index in [-0.39, 0.29) is 23.6 Å². The summed E-state index contributed by atoms with van der Waals surface area (Å²) in [6.07, 6.45) is 0.969. The highest BCUT2D eigenvalue weighted by Gasteiger charge is 2.28. The van der Waals surface area contributed by atoms with E-state index in [1.807, 2.05) is 12.1 Å². The van der Waals surface area contributed by atoms with Crippen LogP contribution in [0.1, 0.15) is 49.5 Å². The molecule has 2 amide bonds. The molecule has 1 aliphatic heterocycles. The van der Waals surface area contributed by atoms with Crippen LogP contribution in [-0.2, 0) is 10.2 Å². The molecule has 0 unspecified atom stereocenters. The van der Waals surface area contributed by atoms with Crippen molar-refractivity contribution < 1.29 is 14.3 Å². The molecule has 0 saturated heterocycles. The van der Waals surface area contributed by atoms with E-state index in [0.717, 1.165) is 11.4 Å². The molecule has 0 saturated carbocycles. The largest absolute Gasteiger partial charge is 0.457 e. The smallest absolute Gasteiger partial charge is 0.256 e. The molecule has 0 atom stereocenters. The standard InChI is InChI=1S/C27H25Cl2N3O3/c1-4-27(2,3)18-8-11-20(12-9-18)35-21-7-5-6-17(14-21)26(34)30-24-16-25(33)32(31-24)23-15-19(28)10-13-22(23)29/h5-15H,4,16H2,1-3H3,(H,30,31,34). The average Bonchev–Trinajstić information content (AvgIpc) is 3.20. The van der Waals surface area contributed by atoms with E-state index < -0.39 is 5.91 Å². The Morgan fingerprint density at radius 1 is 1.06 bits per heavy atom. The van der Waals surface area contributed by atoms with E-state index in [0.29, 0.717) is 32.8 Å². The number of nitrogens with zero attached hydrogens (tertiary/aromatic N) is 2. The van der Waals surface area contributed by atoms with Crippen molar-refractivity contribution in [3.05, 3.63) is 87.9 Å². The number of hydrogen-bond acceptors (Lipinski definition) is 4. The molecule has 1 aliphatic rings. The Kier molecular flexibility index (Phi) is 7.15. The second-order valence-corrected chi connectivity index (χ2v) is 9.71. The summed E-state index contributed by atoms with van der Waals surface area (Å²) in [4.78, 5) is 25.3. The first kappa shape index (κ1) is 24.8. The van der Waals surface area contributed by atoms with Gasteiger partial charge >= 0.3 is 0 Å². The summed E-state index contributed by atoms with van der Waals surface area (Å²) >= 11 is 12.2. The van der Waals surface area contributed by atoms with E-state index in [2.05, 4.69) is 43.3 Å². The van der Waals surface area contributed by atoms with Gasteiger partial charge in [0.25, 0.3) is 11.8 Å². The number of halogens is 2. The zero-order chi connectivity index (χ0) is 25.2. The van der Waals surface area contributed by atoms with Crippen molar-refractivity contribution in [2.45, 2.75) is 39.0 Å². The number of amides is 2. The fourth-order valence-electron chi connectivity index (χ4n) is 3.55. The SMILES string of the molecule is CCC(C)(C)c1ccc(Oc2cccc(C(=O)NC3=NN(c4cc(Cl)ccc4Cl)C(=O)C3)c2)cc1. The summed E-state index contributed by atoms with van der Waals surface area (Å²) in [7, 11) is 0. The summed E-state index contributed by atoms with van der Waals surface area (Å²) < 4.78 is 5.96. The van der Waals surface area contributed by atoms with Gasteiger partial charge in [0.2, 0.25) is 0 Å². The fraction of sp³-hybridized carbons (Fsp3) is 0.222. The van der Waals surface area contributed by atoms with Crippen LogP contribution in [0.15, 0.2) is 71.8 Å². The number of ether oxygens (including phenoxy) is 1. The maximum absolute atomic E-state index is 12.8. The Morgan fingerprint density at radius 2 is 1.80 bits per heavy atom. The van der Waals surface area contributed by atoms with Gasteiger partial charge in [-0.25, -0.2) is 0 Å². The third-order valence-electron chi connectivity index (χ3n) is 6.02. The van der Waals surface area contributed by atoms with Gasteiger partial charge in [0.05, 0.1) is 17.1 Å². The van der Waals surface area contributed by atoms with E-state index in [9.17, 15) is 9.59 Å². The molecular weight excluding hydrogens is 485 g/mol. The van der Waals surface area contributed by atoms with E-state index in [1.165, 1.54) is 5.56 Å². The van der Waals surface area contributed by atoms with Crippen LogP contribution in [-0.4, -0.2) is 17.6 Å². The van der Waals surface area contributed by atoms with Gasteiger partial charge in [0, 0.05) is 10.6 Å². The van der Waals surface area contributed by atoms with Crippen molar-refractivity contribution in [3.8, 4) is 11.5 Å². The predicted octanol–water partition coefficient (Wildman–Crippen LogP) is 6.95. The zero-order valence-corrected chi connectivity index (χ0v) is 21.2. The number of nitrogens with one attached hydrogen (secondary N) is 1. The lowest BCUT2D eigenvalue weighted by Crippen LogP contribution is -2.29. The molecule has 8 heteroatoms. The molecule has 6 nitrogen and oxygen atoms in total. The normalized spacial score (nSPS) is 13.6. The number of amidine groups is 1. The third kappa shape index (κ3) is 5.66. The second-order valence-electron chi connectivity index (χ2n) is 8.87. The summed E-state index contributed by atoms with van der Waals surface area (Å²) in [5.41, 5.74) is 2.06. The van der Waals surface area contributed by atoms with Crippen LogP contribution in [0, 0.1) is 0 Å². The fourth-order valence-corrected chi connectivity index (χ4v) is 3.92. The third-order valence-corrected chi connectivity index (χ3v) is 6.58. The molecule has 3 aromatic rings. The first-order valence-corrected chi connectivity index (χ1v) is 12.0. The van der Waals surface area contributed by atoms with E-state index in [4.69, 9.17) is 27.9 Å². The molecular formula is C27H25Cl2N3O3. The second kappa shape index (κ2) is 10.1. The topological polar surface area (TPSA) is 71.0 Å². The number of rotatable bonds is 6. The first-order valence-electron chi connectivity index (χ1n) is 11.2. The lowest BCUT2D eigenvalue weighted by Gasteiger charge is -2.23. The minimum atomic E-state index is -0.402. The van der Waals surface area contributed by atoms with Gasteiger partial charge in [-0.1, -0.05) is 62.2 Å². The van der Waals surface area contributed by atoms with Gasteiger partial charge in [-0.3, -0.25) is 9.59 Å². The molecule has 3 aromatic carbocycles. The molecule has 1 heterocycles. The lowest BCUT2D eigenvalue weighted by atomic mass is 9.82. The van der Waals surface area contributed by atoms with Gasteiger partial charge in [0.15, 0.2) is 0 Å². The highest BCUT2D eigenvalue weighted by molar-refractivity contribution is 6.36. The van der Waals surface area contributed by atoms with Crippen LogP contribution in [0.25, 0.3) is 0 Å². The Hall–Kier alpha value is -3.35. The average molecular weight is 510 g/mol. The molecule has 180 valence electrons. The molecule has 0 radical (unpaired) electrons. The van der Waals surface area contributed by atoms with Crippen molar-refractivity contribution in [3.63, 3.8) is 0 Å². The molecule has 1 N–H and O–H groups in total. The van der Waals surface area contributed by atoms with E-state index >= 15 is 0 Å². The molecule has 4 rings (SSSR count). The number of benzene rings is 3. The molecule has 0 fully saturated rings. The molecule has 35 heavy (non-hydrogen) atoms. The lowest BCUT2D eigenvalue weighted by molar-refractivity contribution is -0.116. The Balaban J connectivity index is 1.46. The highest BCUT2D eigenvalue weighted by Crippen LogP contribution is 2.32. The summed E-state index contributed by atoms with van der Waals surface area (Å²) in [6.45, 7) is 6.57. The number of anilines is 1. The maximum Gasteiger partial charge on any atom is 0.256 e. The van der Waals surface area contributed by atoms with Crippen molar-refractivity contribution >= 4 is 46.5 Å². The molecule has 0 aliphatic carbocycles. The van der Waals surface area contributed by atoms with E-state index in [1.54, 1.807) is 42.5 Å². The summed E-state index contributed by atoms with van der Waals surface area (Å²) in [5, 5.41) is 8.82. The molecule has 0 spiro atoms. The molecule has 0 aromatic heterocycles. The van der Waals surface area contributed by atoms with Crippen molar-refractivity contribution in [1.29, 1.82) is 0 Å². The minimum Gasteiger partial charge on any atom is -0.457 e. The van der Waals surface area contributed by atoms with Crippen molar-refractivity contribution in [1.82, 2.24) is 5.32 Å². The van der Waals surface area contributed by atoms with Crippen LogP contribution in [0.4, 0.5) is 5.69 Å². The summed E-state index contributed by atoms with van der Waals surface area (Å²) in [6, 6.07) is 19.5. The first-order chi connectivity index (χ1) is 16.7. The van der Waals surface area contributed by atoms with Gasteiger partial charge in [-0.2, -0.15) is 10.1 Å². The number of hydrogen-bond donors (Lipinski definition) is 1. The van der Waals surface area contributed by atoms with Crippen LogP contribution in [0.3, 0.4) is 0 Å². The van der Waals surface area contributed by atoms with Gasteiger partial charge in [0.1, 0.15) is 17.3 Å². The Bertz CT molecular complexity index is 1300. The van der Waals surface area contributed by atoms with Crippen LogP contribution >= 0.6 is 23.2 Å². The Labute approximate surface area is 214 Å². The van der Waals surface area contributed by atoms with Gasteiger partial charge in [-0.15, -0.1) is 0 Å². The van der Waals surface area contributed by atoms with Crippen molar-refractivity contribution in [2.75, 3.05) is 5.01 Å². The predicted molar refractivity (Wildman–Crippen MR) is 140 cm³/mol. The summed E-state index contributed by atoms with van der Waals surface area (Å²) in [5.74, 6) is 0.698. The maximum atomic E-state index is 12.8. The van der Waals surface area contributed by atoms with Gasteiger partial charge in [-0.05, 0) is 65.9 Å². The number of carbonyl (C=O) groups is 2. The molecule has 0 bridgehead atoms. The van der Waals surface area contributed by atoms with Crippen LogP contribution in [0.2, 0.25) is 10.0 Å². The quantitative estimate of drug-likeness (QED) is 0.390.